The van der Waals surface area contributed by atoms with E-state index in [0.29, 0.717) is 0 Å². The Hall–Kier alpha value is -1.61. The molecule has 0 aromatic carbocycles. The van der Waals surface area contributed by atoms with Crippen LogP contribution in [0.4, 0.5) is 4.79 Å². The van der Waals surface area contributed by atoms with Gasteiger partial charge in [0.05, 0.1) is 6.61 Å². The Morgan fingerprint density at radius 2 is 1.62 bits per heavy atom. The zero-order chi connectivity index (χ0) is 27.9. The number of hydrogen-bond donors (Lipinski definition) is 9. The highest BCUT2D eigenvalue weighted by Crippen LogP contribution is 2.61. The van der Waals surface area contributed by atoms with Crippen molar-refractivity contribution in [3.63, 3.8) is 0 Å². The number of nitrogens with zero attached hydrogens (tertiary/aromatic N) is 1. The van der Waals surface area contributed by atoms with Crippen LogP contribution in [0.2, 0.25) is 0 Å². The number of rotatable bonds is 9. The molecule has 3 amide bonds. The topological polar surface area (TPSA) is 309 Å². The number of nitrogens with one attached hydrogen (secondary N) is 1. The molecule has 3 aliphatic rings. The standard InChI is InChI=1S/C15H24N2O18P2/c18-5-1-2-17(15(26)16-5)12-9(22)6(19)4(32-12)3-31-36(27,28)35-37(29,30)34-14-10(23)7(20)8(21)11(33-14)13(24)25/h4,6-12,14,19-23H,1-3H2,(H,24,25)(H,27,28)(H,29,30)(H,16,18,26)/t4-,6-,7+,8-,9-,10-,11+,12-,14?/m1/s1. The van der Waals surface area contributed by atoms with Crippen molar-refractivity contribution in [3.8, 4) is 0 Å². The summed E-state index contributed by atoms with van der Waals surface area (Å²) in [6, 6.07) is -0.932. The molecule has 212 valence electrons. The van der Waals surface area contributed by atoms with E-state index in [1.165, 1.54) is 0 Å². The van der Waals surface area contributed by atoms with Crippen molar-refractivity contribution >= 4 is 33.6 Å². The molecule has 9 N–H and O–H groups in total. The number of carbonyl (C=O) groups excluding carboxylic acids is 2. The Morgan fingerprint density at radius 3 is 2.22 bits per heavy atom. The van der Waals surface area contributed by atoms with Crippen LogP contribution in [-0.2, 0) is 41.6 Å². The van der Waals surface area contributed by atoms with E-state index in [1.54, 1.807) is 0 Å². The maximum atomic E-state index is 12.2. The van der Waals surface area contributed by atoms with E-state index in [9.17, 15) is 58.8 Å². The number of phosphoric ester groups is 2. The van der Waals surface area contributed by atoms with Gasteiger partial charge in [-0.05, 0) is 0 Å². The fraction of sp³-hybridized carbons (Fsp3) is 0.800. The fourth-order valence-corrected chi connectivity index (χ4v) is 5.71. The molecule has 22 heteroatoms. The highest BCUT2D eigenvalue weighted by atomic mass is 31.3. The summed E-state index contributed by atoms with van der Waals surface area (Å²) in [4.78, 5) is 54.7. The minimum atomic E-state index is -5.71. The van der Waals surface area contributed by atoms with Crippen LogP contribution in [0.5, 0.6) is 0 Å². The lowest BCUT2D eigenvalue weighted by Crippen LogP contribution is -2.60. The van der Waals surface area contributed by atoms with Crippen LogP contribution < -0.4 is 5.32 Å². The molecule has 3 rings (SSSR count). The van der Waals surface area contributed by atoms with E-state index < -0.39 is 95.4 Å². The molecule has 3 fully saturated rings. The summed E-state index contributed by atoms with van der Waals surface area (Å²) in [7, 11) is -11.3. The largest absolute Gasteiger partial charge is 0.483 e. The highest BCUT2D eigenvalue weighted by molar-refractivity contribution is 7.61. The molecule has 37 heavy (non-hydrogen) atoms. The lowest BCUT2D eigenvalue weighted by Gasteiger charge is -2.38. The third-order valence-corrected chi connectivity index (χ3v) is 7.99. The Balaban J connectivity index is 1.58. The molecule has 11 atom stereocenters. The second-order valence-corrected chi connectivity index (χ2v) is 11.0. The van der Waals surface area contributed by atoms with E-state index in [2.05, 4.69) is 18.1 Å². The average molecular weight is 582 g/mol. The number of aliphatic hydroxyl groups is 5. The molecule has 3 unspecified atom stereocenters. The number of amides is 3. The van der Waals surface area contributed by atoms with E-state index in [4.69, 9.17) is 9.84 Å². The van der Waals surface area contributed by atoms with Crippen LogP contribution >= 0.6 is 15.6 Å². The maximum absolute atomic E-state index is 12.2. The Labute approximate surface area is 206 Å². The van der Waals surface area contributed by atoms with Crippen LogP contribution in [0.1, 0.15) is 6.42 Å². The summed E-state index contributed by atoms with van der Waals surface area (Å²) < 4.78 is 47.0. The van der Waals surface area contributed by atoms with Crippen LogP contribution in [-0.4, -0.2) is 132 Å². The van der Waals surface area contributed by atoms with Gasteiger partial charge in [0, 0.05) is 13.0 Å². The minimum Gasteiger partial charge on any atom is -0.479 e. The summed E-state index contributed by atoms with van der Waals surface area (Å²) in [6.07, 6.45) is -18.1. The predicted octanol–water partition coefficient (Wildman–Crippen LogP) is -4.48. The van der Waals surface area contributed by atoms with Crippen molar-refractivity contribution in [1.82, 2.24) is 10.2 Å². The molecule has 3 aliphatic heterocycles. The van der Waals surface area contributed by atoms with Gasteiger partial charge < -0.3 is 49.9 Å². The fourth-order valence-electron chi connectivity index (χ4n) is 3.56. The summed E-state index contributed by atoms with van der Waals surface area (Å²) in [5.41, 5.74) is 0. The molecule has 0 aromatic heterocycles. The molecule has 0 saturated carbocycles. The SMILES string of the molecule is O=C1CCN([C@@H]2O[C@H](COP(=O)(O)OP(=O)(O)OC3O[C@H](C(=O)O)[C@H](O)[C@H](O)[C@H]3O)[C@@H](O)[C@H]2O)C(=O)N1. The van der Waals surface area contributed by atoms with Gasteiger partial charge in [-0.3, -0.25) is 24.1 Å². The lowest BCUT2D eigenvalue weighted by molar-refractivity contribution is -0.274. The number of imide groups is 1. The smallest absolute Gasteiger partial charge is 0.479 e. The number of phosphoric acid groups is 2. The Morgan fingerprint density at radius 1 is 0.973 bits per heavy atom. The van der Waals surface area contributed by atoms with Crippen molar-refractivity contribution in [1.29, 1.82) is 0 Å². The molecule has 3 saturated heterocycles. The highest BCUT2D eigenvalue weighted by Gasteiger charge is 2.52. The number of urea groups is 1. The molecule has 0 aliphatic carbocycles. The summed E-state index contributed by atoms with van der Waals surface area (Å²) in [6.45, 7) is -1.23. The normalized spacial score (nSPS) is 40.1. The van der Waals surface area contributed by atoms with Gasteiger partial charge >= 0.3 is 27.6 Å². The average Bonchev–Trinajstić information content (AvgIpc) is 3.05. The lowest BCUT2D eigenvalue weighted by atomic mass is 9.99. The second-order valence-electron chi connectivity index (χ2n) is 8.00. The summed E-state index contributed by atoms with van der Waals surface area (Å²) >= 11 is 0. The minimum absolute atomic E-state index is 0.135. The molecular formula is C15H24N2O18P2. The first-order valence-corrected chi connectivity index (χ1v) is 13.3. The first-order chi connectivity index (χ1) is 17.0. The number of hydrogen-bond acceptors (Lipinski definition) is 15. The van der Waals surface area contributed by atoms with Crippen molar-refractivity contribution < 1.29 is 86.8 Å². The second kappa shape index (κ2) is 11.2. The molecule has 0 bridgehead atoms. The zero-order valence-electron chi connectivity index (χ0n) is 18.3. The van der Waals surface area contributed by atoms with Gasteiger partial charge in [0.25, 0.3) is 0 Å². The first kappa shape index (κ1) is 29.9. The van der Waals surface area contributed by atoms with Crippen LogP contribution in [0.3, 0.4) is 0 Å². The van der Waals surface area contributed by atoms with Gasteiger partial charge in [0.15, 0.2) is 18.6 Å². The summed E-state index contributed by atoms with van der Waals surface area (Å²) in [5.74, 6) is -2.43. The van der Waals surface area contributed by atoms with Gasteiger partial charge in [-0.15, -0.1) is 0 Å². The third kappa shape index (κ3) is 6.88. The van der Waals surface area contributed by atoms with Crippen LogP contribution in [0, 0.1) is 0 Å². The van der Waals surface area contributed by atoms with Gasteiger partial charge in [0.2, 0.25) is 5.91 Å². The number of aliphatic carboxylic acids is 1. The van der Waals surface area contributed by atoms with E-state index in [0.717, 1.165) is 4.90 Å². The van der Waals surface area contributed by atoms with Crippen LogP contribution in [0.15, 0.2) is 0 Å². The molecule has 0 radical (unpaired) electrons. The third-order valence-electron chi connectivity index (χ3n) is 5.39. The van der Waals surface area contributed by atoms with Gasteiger partial charge in [-0.2, -0.15) is 4.31 Å². The summed E-state index contributed by atoms with van der Waals surface area (Å²) in [5, 5.41) is 60.3. The van der Waals surface area contributed by atoms with Crippen molar-refractivity contribution in [2.24, 2.45) is 0 Å². The van der Waals surface area contributed by atoms with Crippen molar-refractivity contribution in [2.75, 3.05) is 13.2 Å². The molecule has 0 aromatic rings. The molecule has 20 nitrogen and oxygen atoms in total. The number of carbonyl (C=O) groups is 3. The monoisotopic (exact) mass is 582 g/mol. The van der Waals surface area contributed by atoms with E-state index in [-0.39, 0.29) is 13.0 Å². The van der Waals surface area contributed by atoms with Gasteiger partial charge in [0.1, 0.15) is 36.6 Å². The predicted molar refractivity (Wildman–Crippen MR) is 108 cm³/mol. The number of carboxylic acid groups (broad SMARTS) is 1. The molecule has 3 heterocycles. The molecular weight excluding hydrogens is 558 g/mol. The van der Waals surface area contributed by atoms with Crippen LogP contribution in [0.25, 0.3) is 0 Å². The molecule has 0 spiro atoms. The van der Waals surface area contributed by atoms with Gasteiger partial charge in [-0.1, -0.05) is 0 Å². The Bertz CT molecular complexity index is 996. The van der Waals surface area contributed by atoms with E-state index >= 15 is 0 Å². The van der Waals surface area contributed by atoms with Crippen molar-refractivity contribution in [2.45, 2.75) is 61.7 Å². The quantitative estimate of drug-likeness (QED) is 0.116. The number of ether oxygens (including phenoxy) is 2. The number of aliphatic hydroxyl groups excluding tert-OH is 5. The zero-order valence-corrected chi connectivity index (χ0v) is 20.1. The maximum Gasteiger partial charge on any atom is 0.483 e. The Kier molecular flexibility index (Phi) is 9.10. The number of carboxylic acids is 1. The van der Waals surface area contributed by atoms with Crippen molar-refractivity contribution in [3.05, 3.63) is 0 Å². The first-order valence-electron chi connectivity index (χ1n) is 10.3. The van der Waals surface area contributed by atoms with Gasteiger partial charge in [-0.25, -0.2) is 18.7 Å². The van der Waals surface area contributed by atoms with E-state index in [1.807, 2.05) is 5.32 Å².